The number of benzene rings is 2. The fourth-order valence-corrected chi connectivity index (χ4v) is 5.41. The summed E-state index contributed by atoms with van der Waals surface area (Å²) in [4.78, 5) is 49.0. The second-order valence-electron chi connectivity index (χ2n) is 10.2. The maximum Gasteiger partial charge on any atom is 0.408 e. The summed E-state index contributed by atoms with van der Waals surface area (Å²) in [7, 11) is 1.24. The van der Waals surface area contributed by atoms with Gasteiger partial charge in [0, 0.05) is 11.7 Å². The summed E-state index contributed by atoms with van der Waals surface area (Å²) in [6.07, 6.45) is -1.13. The molecule has 2 amide bonds. The van der Waals surface area contributed by atoms with Gasteiger partial charge in [-0.3, -0.25) is 4.79 Å². The molecule has 2 atom stereocenters. The summed E-state index contributed by atoms with van der Waals surface area (Å²) < 4.78 is 15.6. The number of thioether (sulfide) groups is 1. The first-order valence-electron chi connectivity index (χ1n) is 12.8. The molecule has 0 aromatic heterocycles. The average Bonchev–Trinajstić information content (AvgIpc) is 3.20. The summed E-state index contributed by atoms with van der Waals surface area (Å²) in [5.41, 5.74) is 3.76. The van der Waals surface area contributed by atoms with Crippen molar-refractivity contribution in [3.63, 3.8) is 0 Å². The Hall–Kier alpha value is -3.53. The standard InChI is InChI=1S/C29H36N2O7S/c1-18(32)25(17-39-15-14-24(26(33)36-5)30-28(35)38-29(2,3)4)31-27(34)37-16-23-21-12-8-6-10-19(21)20-11-7-9-13-22(20)23/h6-13,23-25H,14-17H2,1-5H3,(H,30,35)(H,31,34)/t24-,25+/m1/s1. The lowest BCUT2D eigenvalue weighted by Gasteiger charge is -2.22. The van der Waals surface area contributed by atoms with Crippen molar-refractivity contribution in [2.45, 2.75) is 57.7 Å². The van der Waals surface area contributed by atoms with Crippen LogP contribution in [0.1, 0.15) is 51.2 Å². The summed E-state index contributed by atoms with van der Waals surface area (Å²) in [6.45, 7) is 6.72. The highest BCUT2D eigenvalue weighted by Gasteiger charge is 2.30. The van der Waals surface area contributed by atoms with E-state index >= 15 is 0 Å². The van der Waals surface area contributed by atoms with Gasteiger partial charge in [0.25, 0.3) is 0 Å². The lowest BCUT2D eigenvalue weighted by atomic mass is 9.98. The third-order valence-corrected chi connectivity index (χ3v) is 7.23. The minimum atomic E-state index is -0.900. The quantitative estimate of drug-likeness (QED) is 0.233. The van der Waals surface area contributed by atoms with Crippen LogP contribution in [0.2, 0.25) is 0 Å². The number of hydrogen-bond acceptors (Lipinski definition) is 8. The van der Waals surface area contributed by atoms with E-state index in [4.69, 9.17) is 14.2 Å². The van der Waals surface area contributed by atoms with Gasteiger partial charge in [-0.25, -0.2) is 14.4 Å². The molecule has 0 saturated carbocycles. The van der Waals surface area contributed by atoms with E-state index in [0.717, 1.165) is 22.3 Å². The molecule has 1 aliphatic carbocycles. The van der Waals surface area contributed by atoms with E-state index in [-0.39, 0.29) is 30.5 Å². The van der Waals surface area contributed by atoms with Crippen molar-refractivity contribution in [3.05, 3.63) is 59.7 Å². The second-order valence-corrected chi connectivity index (χ2v) is 11.4. The average molecular weight is 557 g/mol. The van der Waals surface area contributed by atoms with Gasteiger partial charge < -0.3 is 24.8 Å². The first-order valence-corrected chi connectivity index (χ1v) is 13.9. The SMILES string of the molecule is COC(=O)[C@@H](CCSC[C@H](NC(=O)OCC1c2ccccc2-c2ccccc21)C(C)=O)NC(=O)OC(C)(C)C. The topological polar surface area (TPSA) is 120 Å². The van der Waals surface area contributed by atoms with Gasteiger partial charge in [0.15, 0.2) is 5.78 Å². The molecule has 0 aliphatic heterocycles. The highest BCUT2D eigenvalue weighted by atomic mass is 32.2. The summed E-state index contributed by atoms with van der Waals surface area (Å²) in [5.74, 6) is -0.194. The first kappa shape index (κ1) is 30.0. The Morgan fingerprint density at radius 3 is 2.00 bits per heavy atom. The maximum atomic E-state index is 12.6. The number of carbonyl (C=O) groups excluding carboxylic acids is 4. The van der Waals surface area contributed by atoms with Gasteiger partial charge in [-0.1, -0.05) is 48.5 Å². The lowest BCUT2D eigenvalue weighted by molar-refractivity contribution is -0.143. The highest BCUT2D eigenvalue weighted by Crippen LogP contribution is 2.44. The Kier molecular flexibility index (Phi) is 10.4. The molecule has 39 heavy (non-hydrogen) atoms. The van der Waals surface area contributed by atoms with E-state index in [1.165, 1.54) is 25.8 Å². The van der Waals surface area contributed by atoms with Crippen LogP contribution in [0, 0.1) is 0 Å². The van der Waals surface area contributed by atoms with Crippen molar-refractivity contribution in [1.29, 1.82) is 0 Å². The number of Topliss-reactive ketones (excluding diaryl/α,β-unsaturated/α-hetero) is 1. The summed E-state index contributed by atoms with van der Waals surface area (Å²) in [5, 5.41) is 5.17. The smallest absolute Gasteiger partial charge is 0.408 e. The number of carbonyl (C=O) groups is 4. The minimum absolute atomic E-state index is 0.0824. The van der Waals surface area contributed by atoms with Crippen LogP contribution < -0.4 is 10.6 Å². The molecule has 1 aliphatic rings. The molecular formula is C29H36N2O7S. The number of ketones is 1. The zero-order valence-electron chi connectivity index (χ0n) is 22.9. The molecule has 3 rings (SSSR count). The number of ether oxygens (including phenoxy) is 3. The minimum Gasteiger partial charge on any atom is -0.467 e. The maximum absolute atomic E-state index is 12.6. The largest absolute Gasteiger partial charge is 0.467 e. The van der Waals surface area contributed by atoms with E-state index < -0.39 is 35.8 Å². The van der Waals surface area contributed by atoms with Crippen LogP contribution >= 0.6 is 11.8 Å². The molecule has 0 heterocycles. The fourth-order valence-electron chi connectivity index (χ4n) is 4.29. The number of esters is 1. The van der Waals surface area contributed by atoms with E-state index in [9.17, 15) is 19.2 Å². The Balaban J connectivity index is 1.49. The third kappa shape index (κ3) is 8.48. The molecule has 0 unspecified atom stereocenters. The molecule has 2 N–H and O–H groups in total. The molecule has 0 radical (unpaired) electrons. The molecule has 10 heteroatoms. The van der Waals surface area contributed by atoms with Gasteiger partial charge in [0.05, 0.1) is 13.2 Å². The predicted octanol–water partition coefficient (Wildman–Crippen LogP) is 4.67. The van der Waals surface area contributed by atoms with Crippen LogP contribution in [0.4, 0.5) is 9.59 Å². The molecule has 0 spiro atoms. The van der Waals surface area contributed by atoms with Gasteiger partial charge in [0.1, 0.15) is 18.2 Å². The Labute approximate surface area is 233 Å². The zero-order valence-corrected chi connectivity index (χ0v) is 23.8. The van der Waals surface area contributed by atoms with Crippen molar-refractivity contribution in [1.82, 2.24) is 10.6 Å². The highest BCUT2D eigenvalue weighted by molar-refractivity contribution is 7.99. The molecule has 210 valence electrons. The predicted molar refractivity (Wildman–Crippen MR) is 150 cm³/mol. The van der Waals surface area contributed by atoms with Crippen LogP contribution in [-0.4, -0.2) is 66.8 Å². The molecule has 0 saturated heterocycles. The molecule has 2 aromatic rings. The number of hydrogen-bond donors (Lipinski definition) is 2. The van der Waals surface area contributed by atoms with Gasteiger partial charge in [-0.2, -0.15) is 11.8 Å². The van der Waals surface area contributed by atoms with E-state index in [0.29, 0.717) is 5.75 Å². The van der Waals surface area contributed by atoms with Crippen molar-refractivity contribution in [2.75, 3.05) is 25.2 Å². The van der Waals surface area contributed by atoms with Gasteiger partial charge >= 0.3 is 18.2 Å². The normalized spacial score (nSPS) is 13.9. The van der Waals surface area contributed by atoms with E-state index in [1.54, 1.807) is 20.8 Å². The first-order chi connectivity index (χ1) is 18.5. The van der Waals surface area contributed by atoms with Crippen LogP contribution in [0.5, 0.6) is 0 Å². The number of fused-ring (bicyclic) bond motifs is 3. The Morgan fingerprint density at radius 1 is 0.897 bits per heavy atom. The third-order valence-electron chi connectivity index (χ3n) is 6.14. The Bertz CT molecular complexity index is 1150. The number of alkyl carbamates (subject to hydrolysis) is 2. The monoisotopic (exact) mass is 556 g/mol. The summed E-state index contributed by atoms with van der Waals surface area (Å²) >= 11 is 1.36. The lowest BCUT2D eigenvalue weighted by Crippen LogP contribution is -2.44. The number of nitrogens with one attached hydrogen (secondary N) is 2. The molecular weight excluding hydrogens is 520 g/mol. The molecule has 0 bridgehead atoms. The Morgan fingerprint density at radius 2 is 1.46 bits per heavy atom. The van der Waals surface area contributed by atoms with Crippen LogP contribution in [-0.2, 0) is 23.8 Å². The van der Waals surface area contributed by atoms with Gasteiger partial charge in [0.2, 0.25) is 0 Å². The van der Waals surface area contributed by atoms with Crippen LogP contribution in [0.3, 0.4) is 0 Å². The van der Waals surface area contributed by atoms with Crippen molar-refractivity contribution in [2.24, 2.45) is 0 Å². The van der Waals surface area contributed by atoms with Crippen molar-refractivity contribution >= 4 is 35.7 Å². The molecule has 9 nitrogen and oxygen atoms in total. The van der Waals surface area contributed by atoms with E-state index in [1.807, 2.05) is 36.4 Å². The van der Waals surface area contributed by atoms with Crippen LogP contribution in [0.25, 0.3) is 11.1 Å². The van der Waals surface area contributed by atoms with Gasteiger partial charge in [-0.05, 0) is 62.1 Å². The molecule has 2 aromatic carbocycles. The summed E-state index contributed by atoms with van der Waals surface area (Å²) in [6, 6.07) is 14.4. The number of rotatable bonds is 11. The second kappa shape index (κ2) is 13.5. The zero-order chi connectivity index (χ0) is 28.6. The molecule has 0 fully saturated rings. The number of amides is 2. The van der Waals surface area contributed by atoms with Crippen LogP contribution in [0.15, 0.2) is 48.5 Å². The van der Waals surface area contributed by atoms with Crippen molar-refractivity contribution in [3.8, 4) is 11.1 Å². The van der Waals surface area contributed by atoms with Gasteiger partial charge in [-0.15, -0.1) is 0 Å². The van der Waals surface area contributed by atoms with Crippen molar-refractivity contribution < 1.29 is 33.4 Å². The fraction of sp³-hybridized carbons (Fsp3) is 0.448. The van der Waals surface area contributed by atoms with E-state index in [2.05, 4.69) is 22.8 Å². The number of methoxy groups -OCH3 is 1.